The van der Waals surface area contributed by atoms with Gasteiger partial charge in [-0.25, -0.2) is 4.39 Å². The Morgan fingerprint density at radius 2 is 2.00 bits per heavy atom. The van der Waals surface area contributed by atoms with Crippen LogP contribution in [0.1, 0.15) is 35.1 Å². The molecule has 1 aromatic carbocycles. The van der Waals surface area contributed by atoms with Gasteiger partial charge in [0.25, 0.3) is 5.91 Å². The van der Waals surface area contributed by atoms with Gasteiger partial charge in [0.15, 0.2) is 5.82 Å². The Morgan fingerprint density at radius 1 is 1.21 bits per heavy atom. The number of halogens is 1. The monoisotopic (exact) mass is 395 g/mol. The van der Waals surface area contributed by atoms with E-state index in [-0.39, 0.29) is 36.0 Å². The normalized spacial score (nSPS) is 20.8. The van der Waals surface area contributed by atoms with Crippen molar-refractivity contribution in [1.29, 1.82) is 0 Å². The number of benzene rings is 1. The number of fused-ring (bicyclic) bond motifs is 2. The van der Waals surface area contributed by atoms with Gasteiger partial charge in [0.05, 0.1) is 24.0 Å². The summed E-state index contributed by atoms with van der Waals surface area (Å²) in [7, 11) is 0. The van der Waals surface area contributed by atoms with Crippen LogP contribution in [0.15, 0.2) is 30.5 Å². The number of hydrogen-bond acceptors (Lipinski definition) is 3. The molecular weight excluding hydrogens is 373 g/mol. The van der Waals surface area contributed by atoms with Gasteiger partial charge in [-0.2, -0.15) is 5.10 Å². The molecule has 3 heterocycles. The van der Waals surface area contributed by atoms with Crippen LogP contribution in [0.4, 0.5) is 4.39 Å². The minimum absolute atomic E-state index is 0.0155. The van der Waals surface area contributed by atoms with E-state index >= 15 is 0 Å². The van der Waals surface area contributed by atoms with Crippen LogP contribution in [-0.4, -0.2) is 62.0 Å². The van der Waals surface area contributed by atoms with Gasteiger partial charge in [0, 0.05) is 30.4 Å². The number of H-pyrrole nitrogens is 2. The number of nitrogens with zero attached hydrogens (tertiary/aromatic N) is 3. The van der Waals surface area contributed by atoms with Crippen LogP contribution in [0.5, 0.6) is 0 Å². The predicted molar refractivity (Wildman–Crippen MR) is 105 cm³/mol. The Balaban J connectivity index is 1.34. The highest BCUT2D eigenvalue weighted by molar-refractivity contribution is 6.00. The molecule has 2 atom stereocenters. The van der Waals surface area contributed by atoms with Crippen molar-refractivity contribution in [3.05, 3.63) is 53.2 Å². The zero-order chi connectivity index (χ0) is 20.1. The molecule has 2 aromatic heterocycles. The molecule has 1 saturated heterocycles. The molecule has 1 saturated carbocycles. The van der Waals surface area contributed by atoms with Gasteiger partial charge in [-0.15, -0.1) is 0 Å². The lowest BCUT2D eigenvalue weighted by atomic mass is 10.1. The van der Waals surface area contributed by atoms with E-state index in [9.17, 15) is 14.0 Å². The number of nitrogens with one attached hydrogen (secondary N) is 2. The molecule has 1 aliphatic heterocycles. The Hall–Kier alpha value is -3.16. The number of aryl methyl sites for hydroxylation is 1. The number of aromatic nitrogens is 3. The largest absolute Gasteiger partial charge is 0.348 e. The molecule has 150 valence electrons. The van der Waals surface area contributed by atoms with Crippen LogP contribution in [0, 0.1) is 5.82 Å². The quantitative estimate of drug-likeness (QED) is 0.711. The Kier molecular flexibility index (Phi) is 4.15. The first-order chi connectivity index (χ1) is 14.1. The lowest BCUT2D eigenvalue weighted by molar-refractivity contribution is -0.132. The van der Waals surface area contributed by atoms with E-state index < -0.39 is 5.82 Å². The maximum atomic E-state index is 15.0. The molecule has 29 heavy (non-hydrogen) atoms. The molecule has 0 spiro atoms. The van der Waals surface area contributed by atoms with Crippen molar-refractivity contribution >= 4 is 22.7 Å². The van der Waals surface area contributed by atoms with E-state index in [1.807, 2.05) is 24.0 Å². The lowest BCUT2D eigenvalue weighted by Gasteiger charge is -2.34. The van der Waals surface area contributed by atoms with Crippen molar-refractivity contribution in [1.82, 2.24) is 25.0 Å². The molecule has 2 unspecified atom stereocenters. The van der Waals surface area contributed by atoms with Crippen LogP contribution in [0.25, 0.3) is 10.9 Å². The minimum atomic E-state index is -0.491. The van der Waals surface area contributed by atoms with Crippen LogP contribution in [0.2, 0.25) is 0 Å². The standard InChI is InChI=1S/C21H22FN5O2/c1-2-12-4-3-5-14-18(22)20(24-19(12)14)21(29)27-9-8-26(15-11-16(15)27)17(28)10-13-6-7-23-25-13/h3-7,15-16,24H,2,8-11H2,1H3,(H,23,25). The summed E-state index contributed by atoms with van der Waals surface area (Å²) in [6.45, 7) is 2.87. The van der Waals surface area contributed by atoms with E-state index in [2.05, 4.69) is 15.2 Å². The van der Waals surface area contributed by atoms with Crippen molar-refractivity contribution in [3.8, 4) is 0 Å². The van der Waals surface area contributed by atoms with Crippen LogP contribution < -0.4 is 0 Å². The number of hydrogen-bond donors (Lipinski definition) is 2. The molecule has 8 heteroatoms. The predicted octanol–water partition coefficient (Wildman–Crippen LogP) is 2.26. The summed E-state index contributed by atoms with van der Waals surface area (Å²) >= 11 is 0. The van der Waals surface area contributed by atoms with Crippen molar-refractivity contribution in [2.45, 2.75) is 38.3 Å². The lowest BCUT2D eigenvalue weighted by Crippen LogP contribution is -2.51. The summed E-state index contributed by atoms with van der Waals surface area (Å²) in [4.78, 5) is 32.3. The van der Waals surface area contributed by atoms with Gasteiger partial charge >= 0.3 is 0 Å². The number of piperazine rings is 1. The molecule has 3 aromatic rings. The van der Waals surface area contributed by atoms with Crippen molar-refractivity contribution in [2.75, 3.05) is 13.1 Å². The highest BCUT2D eigenvalue weighted by Crippen LogP contribution is 2.38. The number of aromatic amines is 2. The number of carbonyl (C=O) groups is 2. The Morgan fingerprint density at radius 3 is 2.76 bits per heavy atom. The zero-order valence-corrected chi connectivity index (χ0v) is 16.1. The van der Waals surface area contributed by atoms with Gasteiger partial charge in [0.1, 0.15) is 5.69 Å². The summed E-state index contributed by atoms with van der Waals surface area (Å²) < 4.78 is 15.0. The highest BCUT2D eigenvalue weighted by atomic mass is 19.1. The van der Waals surface area contributed by atoms with Gasteiger partial charge in [0.2, 0.25) is 5.91 Å². The maximum Gasteiger partial charge on any atom is 0.273 e. The Labute approximate surface area is 166 Å². The van der Waals surface area contributed by atoms with Crippen molar-refractivity contribution in [2.24, 2.45) is 0 Å². The SMILES string of the molecule is CCc1cccc2c(F)c(C(=O)N3CCN(C(=O)Cc4ccn[nH]4)C4CC43)[nH]c12. The second-order valence-electron chi connectivity index (χ2n) is 7.72. The second-order valence-corrected chi connectivity index (χ2v) is 7.72. The second kappa shape index (κ2) is 6.72. The third-order valence-corrected chi connectivity index (χ3v) is 6.04. The molecular formula is C21H22FN5O2. The molecule has 5 rings (SSSR count). The number of amides is 2. The highest BCUT2D eigenvalue weighted by Gasteiger charge is 2.52. The summed E-state index contributed by atoms with van der Waals surface area (Å²) in [6, 6.07) is 7.20. The van der Waals surface area contributed by atoms with Crippen LogP contribution >= 0.6 is 0 Å². The number of para-hydroxylation sites is 1. The van der Waals surface area contributed by atoms with E-state index in [1.54, 1.807) is 23.2 Å². The van der Waals surface area contributed by atoms with Gasteiger partial charge in [-0.1, -0.05) is 19.1 Å². The van der Waals surface area contributed by atoms with E-state index in [0.717, 1.165) is 24.1 Å². The molecule has 7 nitrogen and oxygen atoms in total. The fourth-order valence-electron chi connectivity index (χ4n) is 4.43. The fraction of sp³-hybridized carbons (Fsp3) is 0.381. The molecule has 2 fully saturated rings. The number of carbonyl (C=O) groups excluding carboxylic acids is 2. The van der Waals surface area contributed by atoms with Crippen molar-refractivity contribution < 1.29 is 14.0 Å². The zero-order valence-electron chi connectivity index (χ0n) is 16.1. The minimum Gasteiger partial charge on any atom is -0.348 e. The van der Waals surface area contributed by atoms with Gasteiger partial charge in [-0.3, -0.25) is 14.7 Å². The molecule has 2 N–H and O–H groups in total. The van der Waals surface area contributed by atoms with E-state index in [1.165, 1.54) is 0 Å². The summed E-state index contributed by atoms with van der Waals surface area (Å²) in [5, 5.41) is 7.13. The van der Waals surface area contributed by atoms with Crippen LogP contribution in [-0.2, 0) is 17.6 Å². The summed E-state index contributed by atoms with van der Waals surface area (Å²) in [5.41, 5.74) is 2.47. The van der Waals surface area contributed by atoms with E-state index in [4.69, 9.17) is 0 Å². The molecule has 2 aliphatic rings. The number of rotatable bonds is 4. The third-order valence-electron chi connectivity index (χ3n) is 6.04. The van der Waals surface area contributed by atoms with Gasteiger partial charge < -0.3 is 14.8 Å². The first-order valence-corrected chi connectivity index (χ1v) is 9.96. The van der Waals surface area contributed by atoms with Gasteiger partial charge in [-0.05, 0) is 30.5 Å². The third kappa shape index (κ3) is 2.90. The average Bonchev–Trinajstić information content (AvgIpc) is 3.23. The van der Waals surface area contributed by atoms with Crippen LogP contribution in [0.3, 0.4) is 0 Å². The Bertz CT molecular complexity index is 1090. The molecule has 0 radical (unpaired) electrons. The van der Waals surface area contributed by atoms with E-state index in [0.29, 0.717) is 24.0 Å². The summed E-state index contributed by atoms with van der Waals surface area (Å²) in [5.74, 6) is -0.789. The average molecular weight is 395 g/mol. The smallest absolute Gasteiger partial charge is 0.273 e. The fourth-order valence-corrected chi connectivity index (χ4v) is 4.43. The molecule has 0 bridgehead atoms. The first kappa shape index (κ1) is 17.9. The van der Waals surface area contributed by atoms with Crippen molar-refractivity contribution in [3.63, 3.8) is 0 Å². The maximum absolute atomic E-state index is 15.0. The molecule has 2 amide bonds. The molecule has 1 aliphatic carbocycles. The topological polar surface area (TPSA) is 85.1 Å². The first-order valence-electron chi connectivity index (χ1n) is 9.96. The summed E-state index contributed by atoms with van der Waals surface area (Å²) in [6.07, 6.45) is 3.39.